The van der Waals surface area contributed by atoms with Gasteiger partial charge in [0.15, 0.2) is 0 Å². The number of rotatable bonds is 6. The zero-order chi connectivity index (χ0) is 17.9. The molecule has 7 heteroatoms. The maximum atomic E-state index is 12.4. The van der Waals surface area contributed by atoms with E-state index in [1.165, 1.54) is 0 Å². The Balaban J connectivity index is 2.21. The number of amides is 1. The van der Waals surface area contributed by atoms with Crippen molar-refractivity contribution in [2.75, 3.05) is 0 Å². The summed E-state index contributed by atoms with van der Waals surface area (Å²) in [5.74, 6) is -1.29. The lowest BCUT2D eigenvalue weighted by Crippen LogP contribution is -2.41. The number of aromatic nitrogens is 2. The van der Waals surface area contributed by atoms with Gasteiger partial charge in [-0.15, -0.1) is 0 Å². The SMILES string of the molecule is Cc1nn(-c2ccc(Br)cc2)cc1C(=O)N[C@H](CC(C)C)C(=O)O. The normalized spacial score (nSPS) is 12.2. The number of benzene rings is 1. The van der Waals surface area contributed by atoms with Gasteiger partial charge in [-0.05, 0) is 43.5 Å². The number of nitrogens with zero attached hydrogens (tertiary/aromatic N) is 2. The molecule has 1 amide bonds. The highest BCUT2D eigenvalue weighted by Gasteiger charge is 2.23. The Labute approximate surface area is 149 Å². The van der Waals surface area contributed by atoms with Crippen LogP contribution < -0.4 is 5.32 Å². The third kappa shape index (κ3) is 4.44. The van der Waals surface area contributed by atoms with E-state index in [0.29, 0.717) is 17.7 Å². The quantitative estimate of drug-likeness (QED) is 0.788. The van der Waals surface area contributed by atoms with Crippen molar-refractivity contribution in [2.45, 2.75) is 33.2 Å². The molecular formula is C17H20BrN3O3. The summed E-state index contributed by atoms with van der Waals surface area (Å²) >= 11 is 3.37. The second kappa shape index (κ2) is 7.61. The van der Waals surface area contributed by atoms with Gasteiger partial charge in [-0.1, -0.05) is 29.8 Å². The monoisotopic (exact) mass is 393 g/mol. The van der Waals surface area contributed by atoms with Crippen molar-refractivity contribution in [3.8, 4) is 5.69 Å². The minimum Gasteiger partial charge on any atom is -0.480 e. The average Bonchev–Trinajstić information content (AvgIpc) is 2.88. The molecule has 1 aromatic heterocycles. The molecule has 2 rings (SSSR count). The minimum absolute atomic E-state index is 0.165. The van der Waals surface area contributed by atoms with Crippen LogP contribution in [0.1, 0.15) is 36.3 Å². The molecule has 0 aliphatic heterocycles. The molecule has 0 aliphatic rings. The van der Waals surface area contributed by atoms with Gasteiger partial charge >= 0.3 is 5.97 Å². The van der Waals surface area contributed by atoms with Gasteiger partial charge in [-0.25, -0.2) is 9.48 Å². The van der Waals surface area contributed by atoms with Gasteiger partial charge < -0.3 is 10.4 Å². The van der Waals surface area contributed by atoms with E-state index in [9.17, 15) is 14.7 Å². The summed E-state index contributed by atoms with van der Waals surface area (Å²) in [4.78, 5) is 23.7. The van der Waals surface area contributed by atoms with E-state index in [2.05, 4.69) is 26.3 Å². The van der Waals surface area contributed by atoms with E-state index >= 15 is 0 Å². The second-order valence-corrected chi connectivity index (χ2v) is 6.96. The molecule has 0 saturated carbocycles. The standard InChI is InChI=1S/C17H20BrN3O3/c1-10(2)8-15(17(23)24)19-16(22)14-9-21(20-11(14)3)13-6-4-12(18)5-7-13/h4-7,9-10,15H,8H2,1-3H3,(H,19,22)(H,23,24)/t15-/m1/s1. The molecule has 2 aromatic rings. The number of halogens is 1. The number of carboxylic acids is 1. The molecule has 6 nitrogen and oxygen atoms in total. The molecule has 0 bridgehead atoms. The Morgan fingerprint density at radius 2 is 1.92 bits per heavy atom. The Morgan fingerprint density at radius 1 is 1.29 bits per heavy atom. The lowest BCUT2D eigenvalue weighted by atomic mass is 10.0. The minimum atomic E-state index is -1.03. The number of aliphatic carboxylic acids is 1. The Hall–Kier alpha value is -2.15. The number of hydrogen-bond acceptors (Lipinski definition) is 3. The maximum Gasteiger partial charge on any atom is 0.326 e. The third-order valence-electron chi connectivity index (χ3n) is 3.55. The van der Waals surface area contributed by atoms with Crippen molar-refractivity contribution in [3.63, 3.8) is 0 Å². The highest BCUT2D eigenvalue weighted by Crippen LogP contribution is 2.16. The molecule has 1 heterocycles. The van der Waals surface area contributed by atoms with Crippen LogP contribution >= 0.6 is 15.9 Å². The summed E-state index contributed by atoms with van der Waals surface area (Å²) in [5, 5.41) is 16.2. The summed E-state index contributed by atoms with van der Waals surface area (Å²) in [5.41, 5.74) is 1.73. The number of carbonyl (C=O) groups excluding carboxylic acids is 1. The van der Waals surface area contributed by atoms with Gasteiger partial charge in [-0.2, -0.15) is 5.10 Å². The van der Waals surface area contributed by atoms with E-state index in [1.54, 1.807) is 17.8 Å². The van der Waals surface area contributed by atoms with Gasteiger partial charge in [-0.3, -0.25) is 4.79 Å². The van der Waals surface area contributed by atoms with Gasteiger partial charge in [0, 0.05) is 10.7 Å². The largest absolute Gasteiger partial charge is 0.480 e. The van der Waals surface area contributed by atoms with Crippen LogP contribution in [0, 0.1) is 12.8 Å². The van der Waals surface area contributed by atoms with E-state index in [-0.39, 0.29) is 5.92 Å². The van der Waals surface area contributed by atoms with Crippen molar-refractivity contribution in [3.05, 3.63) is 46.2 Å². The molecule has 0 radical (unpaired) electrons. The van der Waals surface area contributed by atoms with Crippen LogP contribution in [0.3, 0.4) is 0 Å². The fourth-order valence-corrected chi connectivity index (χ4v) is 2.60. The molecular weight excluding hydrogens is 374 g/mol. The smallest absolute Gasteiger partial charge is 0.326 e. The highest BCUT2D eigenvalue weighted by atomic mass is 79.9. The van der Waals surface area contributed by atoms with Crippen LogP contribution in [0.2, 0.25) is 0 Å². The Kier molecular flexibility index (Phi) is 5.77. The molecule has 24 heavy (non-hydrogen) atoms. The molecule has 0 saturated heterocycles. The van der Waals surface area contributed by atoms with Crippen molar-refractivity contribution in [1.29, 1.82) is 0 Å². The zero-order valence-electron chi connectivity index (χ0n) is 13.8. The Morgan fingerprint density at radius 3 is 2.46 bits per heavy atom. The second-order valence-electron chi connectivity index (χ2n) is 6.04. The molecule has 0 spiro atoms. The number of carbonyl (C=O) groups is 2. The Bertz CT molecular complexity index is 738. The summed E-state index contributed by atoms with van der Waals surface area (Å²) < 4.78 is 2.56. The first-order chi connectivity index (χ1) is 11.3. The van der Waals surface area contributed by atoms with E-state index in [0.717, 1.165) is 10.2 Å². The van der Waals surface area contributed by atoms with Gasteiger partial charge in [0.05, 0.1) is 16.9 Å². The van der Waals surface area contributed by atoms with E-state index < -0.39 is 17.9 Å². The maximum absolute atomic E-state index is 12.4. The first-order valence-electron chi connectivity index (χ1n) is 7.63. The van der Waals surface area contributed by atoms with Crippen LogP contribution in [0.25, 0.3) is 5.69 Å². The van der Waals surface area contributed by atoms with Crippen LogP contribution in [-0.4, -0.2) is 32.8 Å². The number of hydrogen-bond donors (Lipinski definition) is 2. The first-order valence-corrected chi connectivity index (χ1v) is 8.43. The lowest BCUT2D eigenvalue weighted by molar-refractivity contribution is -0.139. The molecule has 128 valence electrons. The average molecular weight is 394 g/mol. The van der Waals surface area contributed by atoms with Crippen LogP contribution in [-0.2, 0) is 4.79 Å². The zero-order valence-corrected chi connectivity index (χ0v) is 15.4. The summed E-state index contributed by atoms with van der Waals surface area (Å²) in [6.45, 7) is 5.56. The van der Waals surface area contributed by atoms with Crippen molar-refractivity contribution in [2.24, 2.45) is 5.92 Å². The predicted molar refractivity (Wildman–Crippen MR) is 94.3 cm³/mol. The van der Waals surface area contributed by atoms with E-state index in [4.69, 9.17) is 0 Å². The molecule has 0 aliphatic carbocycles. The molecule has 0 fully saturated rings. The summed E-state index contributed by atoms with van der Waals surface area (Å²) in [6.07, 6.45) is 1.99. The van der Waals surface area contributed by atoms with Crippen LogP contribution in [0.5, 0.6) is 0 Å². The van der Waals surface area contributed by atoms with Crippen molar-refractivity contribution in [1.82, 2.24) is 15.1 Å². The fraction of sp³-hybridized carbons (Fsp3) is 0.353. The van der Waals surface area contributed by atoms with Gasteiger partial charge in [0.25, 0.3) is 5.91 Å². The first kappa shape index (κ1) is 18.2. The number of carboxylic acid groups (broad SMARTS) is 1. The molecule has 1 atom stereocenters. The fourth-order valence-electron chi connectivity index (χ4n) is 2.34. The van der Waals surface area contributed by atoms with Gasteiger partial charge in [0.2, 0.25) is 0 Å². The van der Waals surface area contributed by atoms with Crippen molar-refractivity contribution >= 4 is 27.8 Å². The molecule has 2 N–H and O–H groups in total. The molecule has 0 unspecified atom stereocenters. The third-order valence-corrected chi connectivity index (χ3v) is 4.07. The van der Waals surface area contributed by atoms with Gasteiger partial charge in [0.1, 0.15) is 6.04 Å². The number of nitrogens with one attached hydrogen (secondary N) is 1. The molecule has 1 aromatic carbocycles. The summed E-state index contributed by atoms with van der Waals surface area (Å²) in [6, 6.07) is 6.60. The predicted octanol–water partition coefficient (Wildman–Crippen LogP) is 3.17. The lowest BCUT2D eigenvalue weighted by Gasteiger charge is -2.16. The van der Waals surface area contributed by atoms with Crippen molar-refractivity contribution < 1.29 is 14.7 Å². The number of aryl methyl sites for hydroxylation is 1. The van der Waals surface area contributed by atoms with E-state index in [1.807, 2.05) is 38.1 Å². The topological polar surface area (TPSA) is 84.2 Å². The van der Waals surface area contributed by atoms with Crippen LogP contribution in [0.15, 0.2) is 34.9 Å². The summed E-state index contributed by atoms with van der Waals surface area (Å²) in [7, 11) is 0. The highest BCUT2D eigenvalue weighted by molar-refractivity contribution is 9.10. The van der Waals surface area contributed by atoms with Crippen LogP contribution in [0.4, 0.5) is 0 Å².